The Bertz CT molecular complexity index is 555. The number of rotatable bonds is 2. The van der Waals surface area contributed by atoms with E-state index in [0.717, 1.165) is 14.8 Å². The molecular formula is C11H7Br2N3. The second kappa shape index (κ2) is 4.81. The van der Waals surface area contributed by atoms with Gasteiger partial charge in [-0.1, -0.05) is 18.2 Å². The molecule has 80 valence electrons. The highest BCUT2D eigenvalue weighted by molar-refractivity contribution is 9.11. The van der Waals surface area contributed by atoms with Crippen molar-refractivity contribution in [3.63, 3.8) is 0 Å². The Morgan fingerprint density at radius 2 is 2.06 bits per heavy atom. The third-order valence-corrected chi connectivity index (χ3v) is 3.18. The van der Waals surface area contributed by atoms with Crippen molar-refractivity contribution in [2.45, 2.75) is 6.54 Å². The van der Waals surface area contributed by atoms with Crippen LogP contribution in [0, 0.1) is 11.3 Å². The minimum Gasteiger partial charge on any atom is -0.253 e. The van der Waals surface area contributed by atoms with Crippen LogP contribution in [0.4, 0.5) is 0 Å². The summed E-state index contributed by atoms with van der Waals surface area (Å²) in [7, 11) is 0. The minimum absolute atomic E-state index is 0.579. The first kappa shape index (κ1) is 11.4. The zero-order valence-electron chi connectivity index (χ0n) is 8.19. The molecule has 0 amide bonds. The van der Waals surface area contributed by atoms with Gasteiger partial charge in [0.05, 0.1) is 18.2 Å². The zero-order valence-corrected chi connectivity index (χ0v) is 11.4. The van der Waals surface area contributed by atoms with E-state index in [1.54, 1.807) is 4.68 Å². The second-order valence-electron chi connectivity index (χ2n) is 3.22. The Kier molecular flexibility index (Phi) is 3.42. The number of halogens is 2. The molecule has 5 heteroatoms. The average Bonchev–Trinajstić information content (AvgIpc) is 2.58. The second-order valence-corrected chi connectivity index (χ2v) is 4.84. The molecule has 0 atom stereocenters. The summed E-state index contributed by atoms with van der Waals surface area (Å²) in [6, 6.07) is 11.6. The Hall–Kier alpha value is -1.12. The van der Waals surface area contributed by atoms with Crippen LogP contribution in [0.3, 0.4) is 0 Å². The van der Waals surface area contributed by atoms with E-state index in [2.05, 4.69) is 43.0 Å². The van der Waals surface area contributed by atoms with Gasteiger partial charge >= 0.3 is 0 Å². The third-order valence-electron chi connectivity index (χ3n) is 2.16. The van der Waals surface area contributed by atoms with Crippen molar-refractivity contribution >= 4 is 31.9 Å². The number of aromatic nitrogens is 2. The average molecular weight is 341 g/mol. The highest BCUT2D eigenvalue weighted by Crippen LogP contribution is 2.18. The van der Waals surface area contributed by atoms with Gasteiger partial charge in [-0.3, -0.25) is 4.68 Å². The van der Waals surface area contributed by atoms with Gasteiger partial charge in [0.15, 0.2) is 0 Å². The van der Waals surface area contributed by atoms with E-state index in [1.165, 1.54) is 0 Å². The molecule has 2 aromatic rings. The first-order valence-electron chi connectivity index (χ1n) is 4.57. The van der Waals surface area contributed by atoms with E-state index in [9.17, 15) is 0 Å². The van der Waals surface area contributed by atoms with Gasteiger partial charge in [-0.05, 0) is 43.5 Å². The molecule has 0 aliphatic rings. The molecule has 0 N–H and O–H groups in total. The number of benzene rings is 1. The largest absolute Gasteiger partial charge is 0.253 e. The molecule has 0 saturated carbocycles. The molecule has 1 aromatic heterocycles. The summed E-state index contributed by atoms with van der Waals surface area (Å²) in [5.41, 5.74) is 1.64. The van der Waals surface area contributed by atoms with Crippen LogP contribution in [0.1, 0.15) is 11.1 Å². The SMILES string of the molecule is N#Cc1ccccc1Cn1nc(Br)cc1Br. The van der Waals surface area contributed by atoms with Crippen LogP contribution < -0.4 is 0 Å². The molecule has 0 unspecified atom stereocenters. The quantitative estimate of drug-likeness (QED) is 0.841. The Labute approximate surface area is 110 Å². The molecule has 1 heterocycles. The summed E-state index contributed by atoms with van der Waals surface area (Å²) < 4.78 is 3.45. The summed E-state index contributed by atoms with van der Waals surface area (Å²) in [5.74, 6) is 0. The molecule has 0 saturated heterocycles. The normalized spacial score (nSPS) is 10.1. The lowest BCUT2D eigenvalue weighted by Gasteiger charge is -2.05. The van der Waals surface area contributed by atoms with E-state index in [-0.39, 0.29) is 0 Å². The third kappa shape index (κ3) is 2.34. The molecule has 2 rings (SSSR count). The summed E-state index contributed by atoms with van der Waals surface area (Å²) in [4.78, 5) is 0. The van der Waals surface area contributed by atoms with Gasteiger partial charge < -0.3 is 0 Å². The van der Waals surface area contributed by atoms with Gasteiger partial charge in [0.2, 0.25) is 0 Å². The van der Waals surface area contributed by atoms with E-state index < -0.39 is 0 Å². The number of hydrogen-bond acceptors (Lipinski definition) is 2. The molecule has 0 radical (unpaired) electrons. The highest BCUT2D eigenvalue weighted by Gasteiger charge is 2.06. The van der Waals surface area contributed by atoms with Crippen LogP contribution in [0.2, 0.25) is 0 Å². The molecule has 0 aliphatic carbocycles. The molecule has 0 bridgehead atoms. The van der Waals surface area contributed by atoms with Gasteiger partial charge in [-0.25, -0.2) is 0 Å². The Balaban J connectivity index is 2.34. The van der Waals surface area contributed by atoms with Gasteiger partial charge in [-0.15, -0.1) is 0 Å². The maximum Gasteiger partial charge on any atom is 0.129 e. The van der Waals surface area contributed by atoms with E-state index in [0.29, 0.717) is 12.1 Å². The van der Waals surface area contributed by atoms with Crippen molar-refractivity contribution in [1.29, 1.82) is 5.26 Å². The van der Waals surface area contributed by atoms with Crippen molar-refractivity contribution in [2.24, 2.45) is 0 Å². The van der Waals surface area contributed by atoms with Crippen molar-refractivity contribution in [2.75, 3.05) is 0 Å². The molecule has 1 aromatic carbocycles. The summed E-state index contributed by atoms with van der Waals surface area (Å²) >= 11 is 6.71. The van der Waals surface area contributed by atoms with E-state index >= 15 is 0 Å². The standard InChI is InChI=1S/C11H7Br2N3/c12-10-5-11(13)16(15-10)7-9-4-2-1-3-8(9)6-14/h1-5H,7H2. The predicted octanol–water partition coefficient (Wildman–Crippen LogP) is 3.33. The Morgan fingerprint density at radius 3 is 2.69 bits per heavy atom. The molecule has 0 aliphatic heterocycles. The van der Waals surface area contributed by atoms with E-state index in [4.69, 9.17) is 5.26 Å². The lowest BCUT2D eigenvalue weighted by Crippen LogP contribution is -2.03. The number of hydrogen-bond donors (Lipinski definition) is 0. The maximum absolute atomic E-state index is 8.97. The molecule has 16 heavy (non-hydrogen) atoms. The van der Waals surface area contributed by atoms with Crippen LogP contribution in [-0.2, 0) is 6.54 Å². The number of nitriles is 1. The lowest BCUT2D eigenvalue weighted by molar-refractivity contribution is 0.666. The monoisotopic (exact) mass is 339 g/mol. The van der Waals surface area contributed by atoms with Crippen LogP contribution in [0.25, 0.3) is 0 Å². The first-order chi connectivity index (χ1) is 7.70. The van der Waals surface area contributed by atoms with Crippen LogP contribution in [-0.4, -0.2) is 9.78 Å². The van der Waals surface area contributed by atoms with Gasteiger partial charge in [-0.2, -0.15) is 10.4 Å². The summed E-state index contributed by atoms with van der Waals surface area (Å²) in [6.45, 7) is 0.579. The topological polar surface area (TPSA) is 41.6 Å². The molecule has 3 nitrogen and oxygen atoms in total. The van der Waals surface area contributed by atoms with Gasteiger partial charge in [0.1, 0.15) is 9.21 Å². The van der Waals surface area contributed by atoms with Crippen molar-refractivity contribution < 1.29 is 0 Å². The van der Waals surface area contributed by atoms with E-state index in [1.807, 2.05) is 30.3 Å². The molecular weight excluding hydrogens is 334 g/mol. The fraction of sp³-hybridized carbons (Fsp3) is 0.0909. The summed E-state index contributed by atoms with van der Waals surface area (Å²) in [5, 5.41) is 13.2. The Morgan fingerprint density at radius 1 is 1.31 bits per heavy atom. The zero-order chi connectivity index (χ0) is 11.5. The predicted molar refractivity (Wildman–Crippen MR) is 67.9 cm³/mol. The fourth-order valence-electron chi connectivity index (χ4n) is 1.40. The highest BCUT2D eigenvalue weighted by atomic mass is 79.9. The first-order valence-corrected chi connectivity index (χ1v) is 6.16. The van der Waals surface area contributed by atoms with Crippen LogP contribution in [0.5, 0.6) is 0 Å². The van der Waals surface area contributed by atoms with Gasteiger partial charge in [0.25, 0.3) is 0 Å². The van der Waals surface area contributed by atoms with Gasteiger partial charge in [0, 0.05) is 6.07 Å². The van der Waals surface area contributed by atoms with Crippen molar-refractivity contribution in [3.05, 3.63) is 50.7 Å². The van der Waals surface area contributed by atoms with Crippen LogP contribution >= 0.6 is 31.9 Å². The number of nitrogens with zero attached hydrogens (tertiary/aromatic N) is 3. The minimum atomic E-state index is 0.579. The van der Waals surface area contributed by atoms with Crippen LogP contribution in [0.15, 0.2) is 39.5 Å². The van der Waals surface area contributed by atoms with Crippen molar-refractivity contribution in [3.8, 4) is 6.07 Å². The smallest absolute Gasteiger partial charge is 0.129 e. The maximum atomic E-state index is 8.97. The fourth-order valence-corrected chi connectivity index (χ4v) is 2.54. The molecule has 0 spiro atoms. The lowest BCUT2D eigenvalue weighted by atomic mass is 10.1. The van der Waals surface area contributed by atoms with Crippen molar-refractivity contribution in [1.82, 2.24) is 9.78 Å². The molecule has 0 fully saturated rings. The summed E-state index contributed by atoms with van der Waals surface area (Å²) in [6.07, 6.45) is 0.